The molecule has 28 heavy (non-hydrogen) atoms. The maximum atomic E-state index is 3.39. The van der Waals surface area contributed by atoms with Crippen molar-refractivity contribution in [1.82, 2.24) is 0 Å². The largest absolute Gasteiger partial charge is 0.0876 e. The van der Waals surface area contributed by atoms with Crippen molar-refractivity contribution in [2.24, 2.45) is 0 Å². The van der Waals surface area contributed by atoms with Crippen molar-refractivity contribution in [3.63, 3.8) is 0 Å². The van der Waals surface area contributed by atoms with Crippen LogP contribution in [0.2, 0.25) is 0 Å². The molecule has 0 aliphatic carbocycles. The van der Waals surface area contributed by atoms with Crippen LogP contribution in [0, 0.1) is 6.92 Å². The fourth-order valence-electron chi connectivity index (χ4n) is 2.97. The second kappa shape index (κ2) is 11.0. The summed E-state index contributed by atoms with van der Waals surface area (Å²) in [4.78, 5) is 0. The summed E-state index contributed by atoms with van der Waals surface area (Å²) < 4.78 is 0. The average molecular weight is 447 g/mol. The highest BCUT2D eigenvalue weighted by Crippen LogP contribution is 2.32. The highest BCUT2D eigenvalue weighted by Gasteiger charge is 2.14. The van der Waals surface area contributed by atoms with Gasteiger partial charge in [-0.3, -0.25) is 0 Å². The molecule has 0 aliphatic heterocycles. The number of rotatable bonds is 4. The lowest BCUT2D eigenvalue weighted by molar-refractivity contribution is 1.37. The minimum atomic E-state index is -0.446. The molecule has 140 valence electrons. The van der Waals surface area contributed by atoms with Crippen LogP contribution in [0.3, 0.4) is 0 Å². The summed E-state index contributed by atoms with van der Waals surface area (Å²) in [6.07, 6.45) is 0. The van der Waals surface area contributed by atoms with E-state index >= 15 is 0 Å². The third-order valence-corrected chi connectivity index (χ3v) is 7.37. The molecule has 0 aromatic heterocycles. The molecule has 0 heterocycles. The summed E-state index contributed by atoms with van der Waals surface area (Å²) in [6.45, 7) is 2.10. The van der Waals surface area contributed by atoms with Gasteiger partial charge in [0, 0.05) is 5.33 Å². The predicted molar refractivity (Wildman–Crippen MR) is 129 cm³/mol. The Hall–Kier alpha value is -2.21. The molecule has 0 N–H and O–H groups in total. The summed E-state index contributed by atoms with van der Waals surface area (Å²) in [7, 11) is -0.446. The van der Waals surface area contributed by atoms with E-state index in [0.717, 1.165) is 5.33 Å². The lowest BCUT2D eigenvalue weighted by atomic mass is 10.2. The van der Waals surface area contributed by atoms with E-state index in [9.17, 15) is 0 Å². The Balaban J connectivity index is 0.000000211. The van der Waals surface area contributed by atoms with Gasteiger partial charge in [-0.1, -0.05) is 137 Å². The summed E-state index contributed by atoms with van der Waals surface area (Å²) in [5.41, 5.74) is 2.67. The van der Waals surface area contributed by atoms with Gasteiger partial charge in [-0.05, 0) is 36.3 Å². The first kappa shape index (κ1) is 20.5. The van der Waals surface area contributed by atoms with Crippen molar-refractivity contribution in [3.8, 4) is 0 Å². The average Bonchev–Trinajstić information content (AvgIpc) is 2.77. The first-order valence-electron chi connectivity index (χ1n) is 9.35. The van der Waals surface area contributed by atoms with Gasteiger partial charge < -0.3 is 0 Å². The minimum Gasteiger partial charge on any atom is -0.0876 e. The summed E-state index contributed by atoms with van der Waals surface area (Å²) in [5.74, 6) is 0. The Morgan fingerprint density at radius 2 is 1.00 bits per heavy atom. The molecule has 0 bridgehead atoms. The molecule has 0 unspecified atom stereocenters. The number of benzene rings is 4. The number of alkyl halides is 1. The highest BCUT2D eigenvalue weighted by molar-refractivity contribution is 9.08. The van der Waals surface area contributed by atoms with Crippen LogP contribution < -0.4 is 15.9 Å². The molecule has 4 aromatic rings. The van der Waals surface area contributed by atoms with Gasteiger partial charge in [0.15, 0.2) is 0 Å². The molecule has 2 heteroatoms. The second-order valence-corrected chi connectivity index (χ2v) is 9.25. The van der Waals surface area contributed by atoms with Crippen LogP contribution in [0.4, 0.5) is 0 Å². The molecule has 0 saturated carbocycles. The second-order valence-electron chi connectivity index (χ2n) is 6.46. The minimum absolute atomic E-state index is 0.446. The van der Waals surface area contributed by atoms with Crippen LogP contribution in [0.15, 0.2) is 115 Å². The fraction of sp³-hybridized carbons (Fsp3) is 0.0769. The van der Waals surface area contributed by atoms with Gasteiger partial charge in [0.1, 0.15) is 0 Å². The molecule has 4 rings (SSSR count). The Labute approximate surface area is 178 Å². The molecular weight excluding hydrogens is 423 g/mol. The van der Waals surface area contributed by atoms with E-state index in [0.29, 0.717) is 0 Å². The lowest BCUT2D eigenvalue weighted by Crippen LogP contribution is -2.20. The van der Waals surface area contributed by atoms with E-state index in [4.69, 9.17) is 0 Å². The Morgan fingerprint density at radius 3 is 1.32 bits per heavy atom. The molecule has 0 atom stereocenters. The van der Waals surface area contributed by atoms with Crippen LogP contribution in [0.1, 0.15) is 11.1 Å². The fourth-order valence-corrected chi connectivity index (χ4v) is 5.63. The van der Waals surface area contributed by atoms with E-state index in [1.54, 1.807) is 0 Å². The lowest BCUT2D eigenvalue weighted by Gasteiger charge is -2.18. The molecule has 4 aromatic carbocycles. The Morgan fingerprint density at radius 1 is 0.571 bits per heavy atom. The standard InChI is InChI=1S/C18H15P.C8H9Br/c1-4-10-16(11-5-1)19(17-12-6-2-7-13-17)18-14-8-3-9-15-18;1-7-3-2-4-8(5-7)6-9/h1-15H;2-5H,6H2,1H3. The SMILES string of the molecule is Cc1cccc(CBr)c1.c1ccc(P(c2ccccc2)c2ccccc2)cc1. The van der Waals surface area contributed by atoms with Crippen LogP contribution in [-0.2, 0) is 5.33 Å². The van der Waals surface area contributed by atoms with Crippen molar-refractivity contribution in [2.45, 2.75) is 12.3 Å². The van der Waals surface area contributed by atoms with Gasteiger partial charge in [0.05, 0.1) is 0 Å². The topological polar surface area (TPSA) is 0 Å². The Bertz CT molecular complexity index is 859. The summed E-state index contributed by atoms with van der Waals surface area (Å²) in [5, 5.41) is 5.15. The molecule has 0 nitrogen and oxygen atoms in total. The van der Waals surface area contributed by atoms with E-state index in [2.05, 4.69) is 138 Å². The summed E-state index contributed by atoms with van der Waals surface area (Å²) >= 11 is 3.39. The molecule has 0 amide bonds. The van der Waals surface area contributed by atoms with E-state index in [1.807, 2.05) is 0 Å². The molecule has 0 fully saturated rings. The smallest absolute Gasteiger partial charge is 0.0283 e. The van der Waals surface area contributed by atoms with Gasteiger partial charge in [-0.15, -0.1) is 0 Å². The van der Waals surface area contributed by atoms with Crippen molar-refractivity contribution in [1.29, 1.82) is 0 Å². The molecular formula is C26H24BrP. The van der Waals surface area contributed by atoms with Crippen LogP contribution in [0.5, 0.6) is 0 Å². The molecule has 0 radical (unpaired) electrons. The number of hydrogen-bond donors (Lipinski definition) is 0. The Kier molecular flexibility index (Phi) is 8.03. The first-order chi connectivity index (χ1) is 13.8. The van der Waals surface area contributed by atoms with Crippen molar-refractivity contribution < 1.29 is 0 Å². The number of aryl methyl sites for hydroxylation is 1. The van der Waals surface area contributed by atoms with Crippen molar-refractivity contribution >= 4 is 39.8 Å². The molecule has 0 aliphatic rings. The monoisotopic (exact) mass is 446 g/mol. The zero-order valence-corrected chi connectivity index (χ0v) is 18.5. The third kappa shape index (κ3) is 5.89. The third-order valence-electron chi connectivity index (χ3n) is 4.28. The predicted octanol–water partition coefficient (Wildman–Crippen LogP) is 6.33. The maximum absolute atomic E-state index is 3.39. The van der Waals surface area contributed by atoms with Gasteiger partial charge in [0.2, 0.25) is 0 Å². The quantitative estimate of drug-likeness (QED) is 0.253. The number of hydrogen-bond acceptors (Lipinski definition) is 0. The first-order valence-corrected chi connectivity index (χ1v) is 11.8. The molecule has 0 spiro atoms. The van der Waals surface area contributed by atoms with Gasteiger partial charge in [0.25, 0.3) is 0 Å². The van der Waals surface area contributed by atoms with E-state index in [-0.39, 0.29) is 0 Å². The van der Waals surface area contributed by atoms with E-state index < -0.39 is 7.92 Å². The zero-order chi connectivity index (χ0) is 19.6. The van der Waals surface area contributed by atoms with Gasteiger partial charge >= 0.3 is 0 Å². The van der Waals surface area contributed by atoms with Crippen LogP contribution in [0.25, 0.3) is 0 Å². The van der Waals surface area contributed by atoms with Crippen LogP contribution >= 0.6 is 23.9 Å². The highest BCUT2D eigenvalue weighted by atomic mass is 79.9. The normalized spacial score (nSPS) is 10.2. The van der Waals surface area contributed by atoms with Crippen molar-refractivity contribution in [3.05, 3.63) is 126 Å². The number of halogens is 1. The van der Waals surface area contributed by atoms with Crippen molar-refractivity contribution in [2.75, 3.05) is 0 Å². The van der Waals surface area contributed by atoms with Gasteiger partial charge in [-0.2, -0.15) is 0 Å². The zero-order valence-electron chi connectivity index (χ0n) is 16.0. The summed E-state index contributed by atoms with van der Waals surface area (Å²) in [6, 6.07) is 40.8. The van der Waals surface area contributed by atoms with Crippen LogP contribution in [-0.4, -0.2) is 0 Å². The molecule has 0 saturated heterocycles. The van der Waals surface area contributed by atoms with Gasteiger partial charge in [-0.25, -0.2) is 0 Å². The van der Waals surface area contributed by atoms with E-state index in [1.165, 1.54) is 27.0 Å². The maximum Gasteiger partial charge on any atom is 0.0283 e.